The smallest absolute Gasteiger partial charge is 0.129 e. The zero-order valence-corrected chi connectivity index (χ0v) is 14.7. The molecule has 2 rings (SSSR count). The molecule has 0 aliphatic carbocycles. The summed E-state index contributed by atoms with van der Waals surface area (Å²) in [6.07, 6.45) is 4.42. The number of rotatable bonds is 3. The van der Waals surface area contributed by atoms with Gasteiger partial charge in [0.2, 0.25) is 0 Å². The first-order chi connectivity index (χ1) is 9.92. The average Bonchev–Trinajstić information content (AvgIpc) is 2.91. The van der Waals surface area contributed by atoms with Gasteiger partial charge in [0.25, 0.3) is 0 Å². The molecule has 3 nitrogen and oxygen atoms in total. The van der Waals surface area contributed by atoms with Crippen molar-refractivity contribution in [3.63, 3.8) is 0 Å². The summed E-state index contributed by atoms with van der Waals surface area (Å²) in [5.74, 6) is 3.43. The predicted octanol–water partition coefficient (Wildman–Crippen LogP) is 2.71. The van der Waals surface area contributed by atoms with E-state index in [9.17, 15) is 0 Å². The summed E-state index contributed by atoms with van der Waals surface area (Å²) < 4.78 is 0. The molecular formula is C17H27N3Si. The fourth-order valence-electron chi connectivity index (χ4n) is 2.73. The van der Waals surface area contributed by atoms with Crippen molar-refractivity contribution in [3.05, 3.63) is 29.1 Å². The second-order valence-corrected chi connectivity index (χ2v) is 11.6. The minimum Gasteiger partial charge on any atom is -0.329 e. The van der Waals surface area contributed by atoms with Crippen LogP contribution in [0.4, 0.5) is 0 Å². The number of hydrogen-bond donors (Lipinski definition) is 1. The van der Waals surface area contributed by atoms with Gasteiger partial charge in [0.05, 0.1) is 17.3 Å². The standard InChI is InChI=1S/C17H27N3Si/c1-14-7-9-19-17(15(14)8-12-21(2,3)4)16(13-18)20-10-5-6-11-20/h7,9,16H,5-6,10-11,13,18H2,1-4H3. The summed E-state index contributed by atoms with van der Waals surface area (Å²) in [6.45, 7) is 11.8. The molecule has 21 heavy (non-hydrogen) atoms. The number of hydrogen-bond acceptors (Lipinski definition) is 3. The van der Waals surface area contributed by atoms with Crippen LogP contribution in [0.25, 0.3) is 0 Å². The lowest BCUT2D eigenvalue weighted by Gasteiger charge is -2.27. The van der Waals surface area contributed by atoms with Gasteiger partial charge >= 0.3 is 0 Å². The molecule has 0 radical (unpaired) electrons. The van der Waals surface area contributed by atoms with Crippen molar-refractivity contribution in [2.45, 2.75) is 45.4 Å². The monoisotopic (exact) mass is 301 g/mol. The Kier molecular flexibility index (Phi) is 5.21. The summed E-state index contributed by atoms with van der Waals surface area (Å²) in [4.78, 5) is 7.11. The van der Waals surface area contributed by atoms with Crippen LogP contribution >= 0.6 is 0 Å². The molecule has 0 spiro atoms. The van der Waals surface area contributed by atoms with Crippen LogP contribution in [-0.4, -0.2) is 37.6 Å². The van der Waals surface area contributed by atoms with Crippen molar-refractivity contribution in [2.75, 3.05) is 19.6 Å². The Morgan fingerprint density at radius 1 is 1.33 bits per heavy atom. The van der Waals surface area contributed by atoms with E-state index in [1.54, 1.807) is 0 Å². The highest BCUT2D eigenvalue weighted by atomic mass is 28.3. The number of aromatic nitrogens is 1. The van der Waals surface area contributed by atoms with E-state index in [1.165, 1.54) is 18.4 Å². The van der Waals surface area contributed by atoms with Gasteiger partial charge < -0.3 is 5.73 Å². The number of nitrogens with two attached hydrogens (primary N) is 1. The lowest BCUT2D eigenvalue weighted by molar-refractivity contribution is 0.246. The van der Waals surface area contributed by atoms with E-state index in [0.717, 1.165) is 24.3 Å². The van der Waals surface area contributed by atoms with E-state index < -0.39 is 8.07 Å². The van der Waals surface area contributed by atoms with Crippen molar-refractivity contribution in [1.29, 1.82) is 0 Å². The molecule has 1 unspecified atom stereocenters. The van der Waals surface area contributed by atoms with Gasteiger partial charge in [-0.15, -0.1) is 5.54 Å². The number of likely N-dealkylation sites (tertiary alicyclic amines) is 1. The van der Waals surface area contributed by atoms with E-state index in [-0.39, 0.29) is 6.04 Å². The van der Waals surface area contributed by atoms with Crippen LogP contribution in [-0.2, 0) is 0 Å². The minimum atomic E-state index is -1.40. The van der Waals surface area contributed by atoms with Crippen molar-refractivity contribution in [2.24, 2.45) is 5.73 Å². The van der Waals surface area contributed by atoms with E-state index in [2.05, 4.69) is 54.0 Å². The van der Waals surface area contributed by atoms with Crippen molar-refractivity contribution < 1.29 is 0 Å². The molecule has 2 N–H and O–H groups in total. The molecule has 1 saturated heterocycles. The molecule has 1 aromatic rings. The Bertz CT molecular complexity index is 545. The number of aryl methyl sites for hydroxylation is 1. The Morgan fingerprint density at radius 3 is 2.57 bits per heavy atom. The number of nitrogens with zero attached hydrogens (tertiary/aromatic N) is 2. The van der Waals surface area contributed by atoms with Gasteiger partial charge in [-0.05, 0) is 44.5 Å². The Labute approximate surface area is 130 Å². The van der Waals surface area contributed by atoms with Crippen molar-refractivity contribution in [3.8, 4) is 11.5 Å². The molecule has 0 aromatic carbocycles. The molecule has 1 aromatic heterocycles. The maximum absolute atomic E-state index is 6.06. The molecule has 114 valence electrons. The highest BCUT2D eigenvalue weighted by Gasteiger charge is 2.25. The van der Waals surface area contributed by atoms with Crippen LogP contribution in [0, 0.1) is 18.4 Å². The van der Waals surface area contributed by atoms with Gasteiger partial charge in [0, 0.05) is 12.7 Å². The predicted molar refractivity (Wildman–Crippen MR) is 91.8 cm³/mol. The average molecular weight is 302 g/mol. The van der Waals surface area contributed by atoms with Crippen LogP contribution in [0.15, 0.2) is 12.3 Å². The SMILES string of the molecule is Cc1ccnc(C(CN)N2CCCC2)c1C#C[Si](C)(C)C. The van der Waals surface area contributed by atoms with E-state index in [4.69, 9.17) is 5.73 Å². The van der Waals surface area contributed by atoms with Gasteiger partial charge in [-0.2, -0.15) is 0 Å². The molecule has 4 heteroatoms. The Morgan fingerprint density at radius 2 is 2.00 bits per heavy atom. The third-order valence-electron chi connectivity index (χ3n) is 3.87. The third-order valence-corrected chi connectivity index (χ3v) is 4.75. The third kappa shape index (κ3) is 4.16. The Balaban J connectivity index is 2.42. The first kappa shape index (κ1) is 16.2. The molecule has 1 aliphatic rings. The van der Waals surface area contributed by atoms with E-state index in [0.29, 0.717) is 6.54 Å². The highest BCUT2D eigenvalue weighted by Crippen LogP contribution is 2.26. The van der Waals surface area contributed by atoms with Gasteiger partial charge in [0.15, 0.2) is 0 Å². The normalized spacial score (nSPS) is 17.4. The first-order valence-electron chi connectivity index (χ1n) is 7.85. The first-order valence-corrected chi connectivity index (χ1v) is 11.3. The van der Waals surface area contributed by atoms with Crippen LogP contribution in [0.1, 0.15) is 35.7 Å². The van der Waals surface area contributed by atoms with Crippen molar-refractivity contribution >= 4 is 8.07 Å². The zero-order chi connectivity index (χ0) is 15.5. The number of pyridine rings is 1. The van der Waals surface area contributed by atoms with Crippen LogP contribution in [0.2, 0.25) is 19.6 Å². The molecular weight excluding hydrogens is 274 g/mol. The van der Waals surface area contributed by atoms with Gasteiger partial charge in [-0.25, -0.2) is 0 Å². The summed E-state index contributed by atoms with van der Waals surface area (Å²) >= 11 is 0. The summed E-state index contributed by atoms with van der Waals surface area (Å²) in [5, 5.41) is 0. The fraction of sp³-hybridized carbons (Fsp3) is 0.588. The summed E-state index contributed by atoms with van der Waals surface area (Å²) in [7, 11) is -1.40. The fourth-order valence-corrected chi connectivity index (χ4v) is 3.23. The van der Waals surface area contributed by atoms with Crippen LogP contribution < -0.4 is 5.73 Å². The van der Waals surface area contributed by atoms with Crippen molar-refractivity contribution in [1.82, 2.24) is 9.88 Å². The minimum absolute atomic E-state index is 0.207. The molecule has 1 atom stereocenters. The molecule has 2 heterocycles. The summed E-state index contributed by atoms with van der Waals surface area (Å²) in [5.41, 5.74) is 12.9. The van der Waals surface area contributed by atoms with Gasteiger partial charge in [0.1, 0.15) is 8.07 Å². The van der Waals surface area contributed by atoms with E-state index in [1.807, 2.05) is 6.20 Å². The highest BCUT2D eigenvalue weighted by molar-refractivity contribution is 6.83. The second-order valence-electron chi connectivity index (χ2n) is 6.88. The Hall–Kier alpha value is -1.15. The molecule has 1 fully saturated rings. The van der Waals surface area contributed by atoms with Gasteiger partial charge in [-0.3, -0.25) is 9.88 Å². The van der Waals surface area contributed by atoms with E-state index >= 15 is 0 Å². The van der Waals surface area contributed by atoms with Crippen LogP contribution in [0.5, 0.6) is 0 Å². The lowest BCUT2D eigenvalue weighted by Crippen LogP contribution is -2.32. The lowest BCUT2D eigenvalue weighted by atomic mass is 10.0. The zero-order valence-electron chi connectivity index (χ0n) is 13.7. The molecule has 0 amide bonds. The maximum atomic E-state index is 6.06. The molecule has 0 saturated carbocycles. The molecule has 1 aliphatic heterocycles. The largest absolute Gasteiger partial charge is 0.329 e. The topological polar surface area (TPSA) is 42.1 Å². The van der Waals surface area contributed by atoms with Gasteiger partial charge in [-0.1, -0.05) is 25.6 Å². The molecule has 0 bridgehead atoms. The quantitative estimate of drug-likeness (QED) is 0.689. The second kappa shape index (κ2) is 6.74. The summed E-state index contributed by atoms with van der Waals surface area (Å²) in [6, 6.07) is 2.26. The van der Waals surface area contributed by atoms with Crippen LogP contribution in [0.3, 0.4) is 0 Å². The maximum Gasteiger partial charge on any atom is 0.129 e.